The molecule has 1 heterocycles. The minimum absolute atomic E-state index is 0.378. The van der Waals surface area contributed by atoms with Gasteiger partial charge in [0.1, 0.15) is 0 Å². The number of likely N-dealkylation sites (tertiary alicyclic amines) is 1. The molecule has 1 aliphatic carbocycles. The van der Waals surface area contributed by atoms with E-state index < -0.39 is 5.60 Å². The van der Waals surface area contributed by atoms with Crippen LogP contribution in [0, 0.1) is 5.92 Å². The molecule has 2 aliphatic rings. The zero-order chi connectivity index (χ0) is 16.4. The van der Waals surface area contributed by atoms with Crippen molar-refractivity contribution in [2.24, 2.45) is 11.7 Å². The maximum Gasteiger partial charge on any atom is 0.248 e. The van der Waals surface area contributed by atoms with Crippen LogP contribution in [0.4, 0.5) is 0 Å². The highest BCUT2D eigenvalue weighted by Gasteiger charge is 2.43. The largest absolute Gasteiger partial charge is 0.390 e. The van der Waals surface area contributed by atoms with Crippen LogP contribution < -0.4 is 5.73 Å². The minimum atomic E-state index is -0.526. The van der Waals surface area contributed by atoms with Crippen molar-refractivity contribution < 1.29 is 9.90 Å². The topological polar surface area (TPSA) is 66.6 Å². The number of amides is 1. The molecule has 2 fully saturated rings. The third-order valence-electron chi connectivity index (χ3n) is 5.75. The SMILES string of the molecule is C[C@]1(O)CCCC[C@H]1[C@H]1CCCN1Cc1ccc(C(N)=O)cc1. The van der Waals surface area contributed by atoms with Crippen molar-refractivity contribution in [1.82, 2.24) is 4.90 Å². The maximum absolute atomic E-state index is 11.2. The van der Waals surface area contributed by atoms with Crippen molar-refractivity contribution in [3.63, 3.8) is 0 Å². The number of carbonyl (C=O) groups excluding carboxylic acids is 1. The van der Waals surface area contributed by atoms with Crippen molar-refractivity contribution >= 4 is 5.91 Å². The lowest BCUT2D eigenvalue weighted by Crippen LogP contribution is -2.48. The molecule has 3 rings (SSSR count). The summed E-state index contributed by atoms with van der Waals surface area (Å²) in [5, 5.41) is 10.8. The normalized spacial score (nSPS) is 32.1. The van der Waals surface area contributed by atoms with Gasteiger partial charge in [-0.3, -0.25) is 9.69 Å². The van der Waals surface area contributed by atoms with Crippen LogP contribution in [-0.2, 0) is 6.54 Å². The van der Waals surface area contributed by atoms with E-state index in [-0.39, 0.29) is 5.91 Å². The molecule has 4 nitrogen and oxygen atoms in total. The predicted octanol–water partition coefficient (Wildman–Crippen LogP) is 2.69. The highest BCUT2D eigenvalue weighted by atomic mass is 16.3. The van der Waals surface area contributed by atoms with Crippen LogP contribution in [0.5, 0.6) is 0 Å². The van der Waals surface area contributed by atoms with Crippen molar-refractivity contribution in [2.75, 3.05) is 6.54 Å². The fourth-order valence-electron chi connectivity index (χ4n) is 4.46. The van der Waals surface area contributed by atoms with Gasteiger partial charge in [0.2, 0.25) is 5.91 Å². The van der Waals surface area contributed by atoms with E-state index in [0.29, 0.717) is 17.5 Å². The van der Waals surface area contributed by atoms with E-state index in [4.69, 9.17) is 5.73 Å². The predicted molar refractivity (Wildman–Crippen MR) is 91.0 cm³/mol. The van der Waals surface area contributed by atoms with Crippen LogP contribution in [0.1, 0.15) is 61.4 Å². The first-order valence-corrected chi connectivity index (χ1v) is 8.82. The zero-order valence-electron chi connectivity index (χ0n) is 14.0. The smallest absolute Gasteiger partial charge is 0.248 e. The Hall–Kier alpha value is -1.39. The molecule has 0 bridgehead atoms. The maximum atomic E-state index is 11.2. The van der Waals surface area contributed by atoms with Crippen LogP contribution in [0.25, 0.3) is 0 Å². The van der Waals surface area contributed by atoms with Gasteiger partial charge in [0.25, 0.3) is 0 Å². The summed E-state index contributed by atoms with van der Waals surface area (Å²) in [6, 6.07) is 8.07. The third-order valence-corrected chi connectivity index (χ3v) is 5.75. The fraction of sp³-hybridized carbons (Fsp3) is 0.632. The van der Waals surface area contributed by atoms with E-state index in [2.05, 4.69) is 4.90 Å². The lowest BCUT2D eigenvalue weighted by atomic mass is 9.72. The summed E-state index contributed by atoms with van der Waals surface area (Å²) in [7, 11) is 0. The Morgan fingerprint density at radius 3 is 2.65 bits per heavy atom. The van der Waals surface area contributed by atoms with Crippen molar-refractivity contribution in [3.05, 3.63) is 35.4 Å². The lowest BCUT2D eigenvalue weighted by molar-refractivity contribution is -0.0628. The van der Waals surface area contributed by atoms with Gasteiger partial charge in [-0.2, -0.15) is 0 Å². The average Bonchev–Trinajstić information content (AvgIpc) is 2.95. The number of hydrogen-bond donors (Lipinski definition) is 2. The number of carbonyl (C=O) groups is 1. The molecule has 4 heteroatoms. The van der Waals surface area contributed by atoms with Gasteiger partial charge in [0, 0.05) is 24.1 Å². The molecule has 0 aromatic heterocycles. The number of benzene rings is 1. The minimum Gasteiger partial charge on any atom is -0.390 e. The van der Waals surface area contributed by atoms with E-state index in [1.807, 2.05) is 19.1 Å². The summed E-state index contributed by atoms with van der Waals surface area (Å²) in [6.45, 7) is 4.00. The van der Waals surface area contributed by atoms with E-state index in [1.165, 1.54) is 24.8 Å². The molecule has 0 unspecified atom stereocenters. The quantitative estimate of drug-likeness (QED) is 0.897. The van der Waals surface area contributed by atoms with Gasteiger partial charge in [0.15, 0.2) is 0 Å². The molecule has 1 saturated heterocycles. The first-order chi connectivity index (χ1) is 11.0. The molecule has 1 saturated carbocycles. The number of rotatable bonds is 4. The van der Waals surface area contributed by atoms with Gasteiger partial charge in [0.05, 0.1) is 5.60 Å². The molecule has 0 spiro atoms. The highest BCUT2D eigenvalue weighted by molar-refractivity contribution is 5.92. The summed E-state index contributed by atoms with van der Waals surface area (Å²) < 4.78 is 0. The number of primary amides is 1. The van der Waals surface area contributed by atoms with Crippen LogP contribution >= 0.6 is 0 Å². The van der Waals surface area contributed by atoms with Gasteiger partial charge in [-0.15, -0.1) is 0 Å². The number of nitrogens with two attached hydrogens (primary N) is 1. The fourth-order valence-corrected chi connectivity index (χ4v) is 4.46. The number of hydrogen-bond acceptors (Lipinski definition) is 3. The Morgan fingerprint density at radius 1 is 1.26 bits per heavy atom. The van der Waals surface area contributed by atoms with E-state index in [1.54, 1.807) is 12.1 Å². The Labute approximate surface area is 138 Å². The number of nitrogens with zero attached hydrogens (tertiary/aromatic N) is 1. The van der Waals surface area contributed by atoms with Crippen LogP contribution in [0.2, 0.25) is 0 Å². The Bertz CT molecular complexity index is 553. The monoisotopic (exact) mass is 316 g/mol. The summed E-state index contributed by atoms with van der Waals surface area (Å²) in [6.07, 6.45) is 6.82. The molecule has 1 amide bonds. The molecule has 0 radical (unpaired) electrons. The summed E-state index contributed by atoms with van der Waals surface area (Å²) in [5.41, 5.74) is 6.54. The van der Waals surface area contributed by atoms with Crippen molar-refractivity contribution in [1.29, 1.82) is 0 Å². The Balaban J connectivity index is 1.70. The van der Waals surface area contributed by atoms with Crippen LogP contribution in [0.15, 0.2) is 24.3 Å². The molecule has 126 valence electrons. The Kier molecular flexibility index (Phi) is 4.74. The van der Waals surface area contributed by atoms with Gasteiger partial charge >= 0.3 is 0 Å². The van der Waals surface area contributed by atoms with Crippen LogP contribution in [-0.4, -0.2) is 34.1 Å². The van der Waals surface area contributed by atoms with Crippen LogP contribution in [0.3, 0.4) is 0 Å². The first-order valence-electron chi connectivity index (χ1n) is 8.82. The Morgan fingerprint density at radius 2 is 2.00 bits per heavy atom. The number of aliphatic hydroxyl groups is 1. The molecule has 1 aliphatic heterocycles. The molecular formula is C19H28N2O2. The third kappa shape index (κ3) is 3.59. The van der Waals surface area contributed by atoms with Gasteiger partial charge in [-0.1, -0.05) is 25.0 Å². The standard InChI is InChI=1S/C19H28N2O2/c1-19(23)11-3-2-5-16(19)17-6-4-12-21(17)13-14-7-9-15(10-8-14)18(20)22/h7-10,16-17,23H,2-6,11-13H2,1H3,(H2,20,22)/t16-,17+,19-/m0/s1. The van der Waals surface area contributed by atoms with Gasteiger partial charge in [-0.25, -0.2) is 0 Å². The second-order valence-corrected chi connectivity index (χ2v) is 7.45. The molecule has 3 atom stereocenters. The van der Waals surface area contributed by atoms with E-state index in [9.17, 15) is 9.90 Å². The summed E-state index contributed by atoms with van der Waals surface area (Å²) in [4.78, 5) is 13.7. The molecule has 1 aromatic rings. The summed E-state index contributed by atoms with van der Waals surface area (Å²) >= 11 is 0. The second-order valence-electron chi connectivity index (χ2n) is 7.45. The van der Waals surface area contributed by atoms with E-state index >= 15 is 0 Å². The second kappa shape index (κ2) is 6.62. The molecule has 1 aromatic carbocycles. The molecular weight excluding hydrogens is 288 g/mol. The van der Waals surface area contributed by atoms with Crippen molar-refractivity contribution in [2.45, 2.75) is 63.6 Å². The van der Waals surface area contributed by atoms with E-state index in [0.717, 1.165) is 32.4 Å². The average molecular weight is 316 g/mol. The molecule has 23 heavy (non-hydrogen) atoms. The molecule has 3 N–H and O–H groups in total. The lowest BCUT2D eigenvalue weighted by Gasteiger charge is -2.43. The zero-order valence-corrected chi connectivity index (χ0v) is 14.0. The first kappa shape index (κ1) is 16.5. The highest BCUT2D eigenvalue weighted by Crippen LogP contribution is 2.41. The summed E-state index contributed by atoms with van der Waals surface area (Å²) in [5.74, 6) is -0.00232. The van der Waals surface area contributed by atoms with Gasteiger partial charge < -0.3 is 10.8 Å². The van der Waals surface area contributed by atoms with Crippen molar-refractivity contribution in [3.8, 4) is 0 Å². The van der Waals surface area contributed by atoms with Gasteiger partial charge in [-0.05, 0) is 56.8 Å².